The Balaban J connectivity index is 1.58. The van der Waals surface area contributed by atoms with E-state index in [4.69, 9.17) is 4.74 Å². The summed E-state index contributed by atoms with van der Waals surface area (Å²) in [6.45, 7) is -1.52. The predicted octanol–water partition coefficient (Wildman–Crippen LogP) is 0.410. The molecule has 3 amide bonds. The van der Waals surface area contributed by atoms with Crippen LogP contribution in [0, 0.1) is 5.92 Å². The Hall–Kier alpha value is -3.43. The van der Waals surface area contributed by atoms with Gasteiger partial charge in [-0.25, -0.2) is 4.39 Å². The number of hydrogen-bond donors (Lipinski definition) is 3. The smallest absolute Gasteiger partial charge is 0.268 e. The van der Waals surface area contributed by atoms with Gasteiger partial charge in [-0.1, -0.05) is 6.07 Å². The molecule has 0 radical (unpaired) electrons. The van der Waals surface area contributed by atoms with Crippen LogP contribution in [0.4, 0.5) is 4.39 Å². The third kappa shape index (κ3) is 4.76. The van der Waals surface area contributed by atoms with E-state index in [0.29, 0.717) is 24.2 Å². The van der Waals surface area contributed by atoms with Crippen molar-refractivity contribution in [2.24, 2.45) is 5.92 Å². The molecule has 0 bridgehead atoms. The molecule has 1 fully saturated rings. The van der Waals surface area contributed by atoms with Crippen LogP contribution < -0.4 is 15.4 Å². The van der Waals surface area contributed by atoms with Crippen LogP contribution >= 0.6 is 0 Å². The van der Waals surface area contributed by atoms with Crippen LogP contribution in [0.2, 0.25) is 0 Å². The second-order valence-electron chi connectivity index (χ2n) is 7.01. The number of nitrogens with one attached hydrogen (secondary N) is 3. The van der Waals surface area contributed by atoms with Gasteiger partial charge >= 0.3 is 0 Å². The van der Waals surface area contributed by atoms with Gasteiger partial charge in [0.05, 0.1) is 26.1 Å². The Morgan fingerprint density at radius 1 is 1.33 bits per heavy atom. The van der Waals surface area contributed by atoms with Gasteiger partial charge in [0, 0.05) is 24.0 Å². The second kappa shape index (κ2) is 9.38. The largest absolute Gasteiger partial charge is 0.496 e. The summed E-state index contributed by atoms with van der Waals surface area (Å²) < 4.78 is 18.1. The van der Waals surface area contributed by atoms with Crippen LogP contribution in [-0.2, 0) is 14.4 Å². The lowest BCUT2D eigenvalue weighted by molar-refractivity contribution is -0.137. The lowest BCUT2D eigenvalue weighted by Gasteiger charge is -2.23. The van der Waals surface area contributed by atoms with E-state index in [9.17, 15) is 23.6 Å². The van der Waals surface area contributed by atoms with Gasteiger partial charge in [0.15, 0.2) is 12.5 Å². The van der Waals surface area contributed by atoms with E-state index in [2.05, 4.69) is 15.6 Å². The molecule has 1 aliphatic rings. The molecule has 0 spiro atoms. The quantitative estimate of drug-likeness (QED) is 0.545. The van der Waals surface area contributed by atoms with Crippen molar-refractivity contribution in [1.29, 1.82) is 0 Å². The number of Topliss-reactive ketones (excluding diaryl/α,β-unsaturated/α-hetero) is 1. The number of carbonyl (C=O) groups excluding carboxylic acids is 4. The third-order valence-electron chi connectivity index (χ3n) is 4.97. The SMILES string of the molecule is COc1cccc2[nH]c(C(=O)NCC(=O)CN(C[C@@H]3CCNC3=O)C(=O)CF)cc12. The molecule has 9 nitrogen and oxygen atoms in total. The Morgan fingerprint density at radius 3 is 2.80 bits per heavy atom. The number of fused-ring (bicyclic) bond motifs is 1. The number of aromatic nitrogens is 1. The van der Waals surface area contributed by atoms with Crippen LogP contribution in [-0.4, -0.2) is 73.4 Å². The lowest BCUT2D eigenvalue weighted by Crippen LogP contribution is -2.44. The van der Waals surface area contributed by atoms with Crippen molar-refractivity contribution in [1.82, 2.24) is 20.5 Å². The number of halogens is 1. The zero-order valence-electron chi connectivity index (χ0n) is 16.5. The fourth-order valence-electron chi connectivity index (χ4n) is 3.39. The van der Waals surface area contributed by atoms with Crippen LogP contribution in [0.1, 0.15) is 16.9 Å². The number of H-pyrrole nitrogens is 1. The number of rotatable bonds is 9. The molecule has 160 valence electrons. The molecule has 3 rings (SSSR count). The van der Waals surface area contributed by atoms with Gasteiger partial charge in [0.25, 0.3) is 11.8 Å². The molecule has 0 saturated carbocycles. The molecule has 0 unspecified atom stereocenters. The van der Waals surface area contributed by atoms with Crippen molar-refractivity contribution in [3.8, 4) is 5.75 Å². The molecule has 1 aromatic carbocycles. The molecule has 0 aliphatic carbocycles. The Labute approximate surface area is 171 Å². The number of ketones is 1. The standard InChI is InChI=1S/C20H23FN4O5/c1-30-17-4-2-3-15-14(17)7-16(24-15)20(29)23-9-13(26)11-25(18(27)8-21)10-12-5-6-22-19(12)28/h2-4,7,12,24H,5-6,8-11H2,1H3,(H,22,28)(H,23,29)/t12-/m0/s1. The van der Waals surface area contributed by atoms with Crippen molar-refractivity contribution in [2.75, 3.05) is 40.0 Å². The van der Waals surface area contributed by atoms with Crippen molar-refractivity contribution < 1.29 is 28.3 Å². The van der Waals surface area contributed by atoms with Crippen LogP contribution in [0.25, 0.3) is 10.9 Å². The molecule has 1 saturated heterocycles. The first kappa shape index (κ1) is 21.3. The molecular formula is C20H23FN4O5. The zero-order chi connectivity index (χ0) is 21.7. The highest BCUT2D eigenvalue weighted by molar-refractivity contribution is 6.01. The highest BCUT2D eigenvalue weighted by Crippen LogP contribution is 2.25. The highest BCUT2D eigenvalue weighted by Gasteiger charge is 2.29. The Morgan fingerprint density at radius 2 is 2.13 bits per heavy atom. The fourth-order valence-corrected chi connectivity index (χ4v) is 3.39. The third-order valence-corrected chi connectivity index (χ3v) is 4.97. The molecule has 2 aromatic rings. The van der Waals surface area contributed by atoms with E-state index in [-0.39, 0.29) is 31.2 Å². The number of hydrogen-bond acceptors (Lipinski definition) is 5. The number of methoxy groups -OCH3 is 1. The number of alkyl halides is 1. The Kier molecular flexibility index (Phi) is 6.65. The second-order valence-corrected chi connectivity index (χ2v) is 7.01. The minimum atomic E-state index is -1.26. The number of aromatic amines is 1. The molecule has 1 atom stereocenters. The van der Waals surface area contributed by atoms with Gasteiger partial charge < -0.3 is 25.3 Å². The van der Waals surface area contributed by atoms with E-state index in [1.807, 2.05) is 0 Å². The summed E-state index contributed by atoms with van der Waals surface area (Å²) in [4.78, 5) is 52.2. The first-order valence-corrected chi connectivity index (χ1v) is 9.50. The van der Waals surface area contributed by atoms with Crippen LogP contribution in [0.15, 0.2) is 24.3 Å². The number of ether oxygens (including phenoxy) is 1. The van der Waals surface area contributed by atoms with Gasteiger partial charge in [-0.15, -0.1) is 0 Å². The Bertz CT molecular complexity index is 973. The molecule has 10 heteroatoms. The van der Waals surface area contributed by atoms with Crippen molar-refractivity contribution >= 4 is 34.4 Å². The molecule has 3 N–H and O–H groups in total. The number of carbonyl (C=O) groups is 4. The first-order valence-electron chi connectivity index (χ1n) is 9.50. The molecule has 30 heavy (non-hydrogen) atoms. The summed E-state index contributed by atoms with van der Waals surface area (Å²) >= 11 is 0. The minimum absolute atomic E-state index is 0.0317. The maximum Gasteiger partial charge on any atom is 0.268 e. The van der Waals surface area contributed by atoms with Gasteiger partial charge in [0.2, 0.25) is 5.91 Å². The molecule has 1 aromatic heterocycles. The van der Waals surface area contributed by atoms with Gasteiger partial charge in [0.1, 0.15) is 11.4 Å². The predicted molar refractivity (Wildman–Crippen MR) is 106 cm³/mol. The fraction of sp³-hybridized carbons (Fsp3) is 0.400. The summed E-state index contributed by atoms with van der Waals surface area (Å²) in [5, 5.41) is 5.86. The van der Waals surface area contributed by atoms with E-state index < -0.39 is 30.2 Å². The number of nitrogens with zero attached hydrogens (tertiary/aromatic N) is 1. The summed E-state index contributed by atoms with van der Waals surface area (Å²) in [6, 6.07) is 6.96. The molecule has 1 aliphatic heterocycles. The van der Waals surface area contributed by atoms with Gasteiger partial charge in [-0.3, -0.25) is 19.2 Å². The van der Waals surface area contributed by atoms with E-state index >= 15 is 0 Å². The minimum Gasteiger partial charge on any atom is -0.496 e. The first-order chi connectivity index (χ1) is 14.4. The number of benzene rings is 1. The molecule has 2 heterocycles. The monoisotopic (exact) mass is 418 g/mol. The summed E-state index contributed by atoms with van der Waals surface area (Å²) in [5.41, 5.74) is 0.960. The zero-order valence-corrected chi connectivity index (χ0v) is 16.5. The van der Waals surface area contributed by atoms with Crippen LogP contribution in [0.3, 0.4) is 0 Å². The normalized spacial score (nSPS) is 15.7. The highest BCUT2D eigenvalue weighted by atomic mass is 19.1. The topological polar surface area (TPSA) is 121 Å². The number of amides is 3. The van der Waals surface area contributed by atoms with Crippen molar-refractivity contribution in [2.45, 2.75) is 6.42 Å². The maximum absolute atomic E-state index is 12.9. The lowest BCUT2D eigenvalue weighted by atomic mass is 10.1. The average molecular weight is 418 g/mol. The van der Waals surface area contributed by atoms with Crippen molar-refractivity contribution in [3.63, 3.8) is 0 Å². The van der Waals surface area contributed by atoms with Crippen LogP contribution in [0.5, 0.6) is 5.75 Å². The van der Waals surface area contributed by atoms with Gasteiger partial charge in [-0.2, -0.15) is 0 Å². The van der Waals surface area contributed by atoms with E-state index in [1.165, 1.54) is 7.11 Å². The van der Waals surface area contributed by atoms with E-state index in [0.717, 1.165) is 10.3 Å². The average Bonchev–Trinajstić information content (AvgIpc) is 3.36. The summed E-state index contributed by atoms with van der Waals surface area (Å²) in [5.74, 6) is -1.92. The van der Waals surface area contributed by atoms with Crippen molar-refractivity contribution in [3.05, 3.63) is 30.0 Å². The summed E-state index contributed by atoms with van der Waals surface area (Å²) in [6.07, 6.45) is 0.518. The maximum atomic E-state index is 12.9. The summed E-state index contributed by atoms with van der Waals surface area (Å²) in [7, 11) is 1.53. The van der Waals surface area contributed by atoms with E-state index in [1.54, 1.807) is 24.3 Å². The molecular weight excluding hydrogens is 395 g/mol. The van der Waals surface area contributed by atoms with Gasteiger partial charge in [-0.05, 0) is 24.6 Å².